The Kier molecular flexibility index (Phi) is 4.46. The van der Waals surface area contributed by atoms with Gasteiger partial charge in [0.2, 0.25) is 5.95 Å². The average Bonchev–Trinajstić information content (AvgIpc) is 3.37. The monoisotopic (exact) mass is 389 g/mol. The highest BCUT2D eigenvalue weighted by Gasteiger charge is 2.27. The summed E-state index contributed by atoms with van der Waals surface area (Å²) in [7, 11) is 0. The third-order valence-electron chi connectivity index (χ3n) is 5.54. The molecule has 1 unspecified atom stereocenters. The number of aromatic nitrogens is 5. The summed E-state index contributed by atoms with van der Waals surface area (Å²) < 4.78 is 0. The number of nitrogens with zero attached hydrogens (tertiary/aromatic N) is 5. The third-order valence-corrected chi connectivity index (χ3v) is 5.54. The maximum atomic E-state index is 11.8. The van der Waals surface area contributed by atoms with Crippen LogP contribution in [0.3, 0.4) is 0 Å². The van der Waals surface area contributed by atoms with Crippen molar-refractivity contribution in [1.29, 1.82) is 0 Å². The lowest BCUT2D eigenvalue weighted by molar-refractivity contribution is 0.792. The molecule has 2 aliphatic rings. The number of nitrogens with one attached hydrogen (secondary N) is 2. The molecule has 4 heterocycles. The zero-order chi connectivity index (χ0) is 19.8. The lowest BCUT2D eigenvalue weighted by Crippen LogP contribution is -2.29. The molecule has 0 spiro atoms. The lowest BCUT2D eigenvalue weighted by Gasteiger charge is -2.19. The number of H-pyrrole nitrogens is 1. The Labute approximate surface area is 168 Å². The van der Waals surface area contributed by atoms with Crippen LogP contribution in [0.15, 0.2) is 35.4 Å². The fraction of sp³-hybridized carbons (Fsp3) is 0.381. The van der Waals surface area contributed by atoms with E-state index in [-0.39, 0.29) is 11.6 Å². The molecule has 0 bridgehead atoms. The van der Waals surface area contributed by atoms with Gasteiger partial charge in [0.1, 0.15) is 5.82 Å². The Morgan fingerprint density at radius 3 is 3.00 bits per heavy atom. The Morgan fingerprint density at radius 2 is 2.17 bits per heavy atom. The molecule has 0 radical (unpaired) electrons. The number of aromatic amines is 1. The van der Waals surface area contributed by atoms with E-state index in [1.807, 2.05) is 19.1 Å². The molecule has 3 aromatic heterocycles. The normalized spacial score (nSPS) is 18.1. The van der Waals surface area contributed by atoms with Crippen LogP contribution in [0.1, 0.15) is 29.8 Å². The van der Waals surface area contributed by atoms with Crippen LogP contribution >= 0.6 is 0 Å². The molecule has 5 rings (SSSR count). The summed E-state index contributed by atoms with van der Waals surface area (Å²) in [6.07, 6.45) is 7.63. The minimum atomic E-state index is -0.112. The zero-order valence-electron chi connectivity index (χ0n) is 16.4. The highest BCUT2D eigenvalue weighted by Crippen LogP contribution is 2.30. The molecule has 2 N–H and O–H groups in total. The molecule has 29 heavy (non-hydrogen) atoms. The number of fused-ring (bicyclic) bond motifs is 1. The van der Waals surface area contributed by atoms with Crippen LogP contribution in [-0.2, 0) is 12.8 Å². The van der Waals surface area contributed by atoms with Crippen molar-refractivity contribution in [2.45, 2.75) is 38.6 Å². The summed E-state index contributed by atoms with van der Waals surface area (Å²) in [5.74, 6) is 2.30. The van der Waals surface area contributed by atoms with Crippen LogP contribution in [0.2, 0.25) is 0 Å². The molecule has 1 fully saturated rings. The van der Waals surface area contributed by atoms with Gasteiger partial charge in [-0.25, -0.2) is 15.0 Å². The summed E-state index contributed by atoms with van der Waals surface area (Å²) in [5, 5.41) is 3.65. The molecule has 3 aromatic rings. The van der Waals surface area contributed by atoms with Crippen LogP contribution in [0.25, 0.3) is 11.4 Å². The van der Waals surface area contributed by atoms with Gasteiger partial charge < -0.3 is 10.2 Å². The first kappa shape index (κ1) is 17.8. The lowest BCUT2D eigenvalue weighted by atomic mass is 10.2. The smallest absolute Gasteiger partial charge is 0.252 e. The van der Waals surface area contributed by atoms with Gasteiger partial charge >= 0.3 is 0 Å². The maximum absolute atomic E-state index is 11.8. The molecule has 1 atom stereocenters. The van der Waals surface area contributed by atoms with Crippen molar-refractivity contribution < 1.29 is 0 Å². The van der Waals surface area contributed by atoms with E-state index in [4.69, 9.17) is 9.97 Å². The van der Waals surface area contributed by atoms with Gasteiger partial charge in [-0.2, -0.15) is 0 Å². The van der Waals surface area contributed by atoms with Crippen molar-refractivity contribution in [2.75, 3.05) is 23.3 Å². The van der Waals surface area contributed by atoms with Crippen LogP contribution in [0.4, 0.5) is 11.8 Å². The second-order valence-electron chi connectivity index (χ2n) is 7.70. The van der Waals surface area contributed by atoms with Gasteiger partial charge in [0.25, 0.3) is 5.56 Å². The van der Waals surface area contributed by atoms with Crippen molar-refractivity contribution in [3.63, 3.8) is 0 Å². The second kappa shape index (κ2) is 7.27. The van der Waals surface area contributed by atoms with Gasteiger partial charge in [0.15, 0.2) is 5.82 Å². The molecule has 0 amide bonds. The first-order valence-electron chi connectivity index (χ1n) is 10.1. The standard InChI is InChI=1S/C21H23N7O/c1-13-10-18(29)26-21(23-13)28-9-7-15(12-28)24-20-16-5-2-6-17(16)25-19(27-20)14-4-3-8-22-11-14/h3-4,8,10-11,15H,2,5-7,9,12H2,1H3,(H,23,26,29)(H,24,25,27). The zero-order valence-corrected chi connectivity index (χ0v) is 16.4. The molecule has 8 nitrogen and oxygen atoms in total. The predicted octanol–water partition coefficient (Wildman–Crippen LogP) is 2.11. The van der Waals surface area contributed by atoms with E-state index in [0.29, 0.717) is 5.95 Å². The molecule has 0 saturated carbocycles. The van der Waals surface area contributed by atoms with Crippen molar-refractivity contribution in [3.05, 3.63) is 57.9 Å². The summed E-state index contributed by atoms with van der Waals surface area (Å²) in [5.41, 5.74) is 3.92. The molecule has 1 aliphatic carbocycles. The fourth-order valence-corrected chi connectivity index (χ4v) is 4.15. The van der Waals surface area contributed by atoms with Gasteiger partial charge in [0, 0.05) is 60.1 Å². The van der Waals surface area contributed by atoms with Crippen LogP contribution in [0, 0.1) is 6.92 Å². The van der Waals surface area contributed by atoms with E-state index in [1.165, 1.54) is 11.6 Å². The Morgan fingerprint density at radius 1 is 1.24 bits per heavy atom. The molecule has 1 saturated heterocycles. The minimum absolute atomic E-state index is 0.112. The number of pyridine rings is 1. The maximum Gasteiger partial charge on any atom is 0.252 e. The highest BCUT2D eigenvalue weighted by molar-refractivity contribution is 5.60. The molecular formula is C21H23N7O. The molecular weight excluding hydrogens is 366 g/mol. The summed E-state index contributed by atoms with van der Waals surface area (Å²) in [4.78, 5) is 35.1. The Hall–Kier alpha value is -3.29. The quantitative estimate of drug-likeness (QED) is 0.705. The number of aryl methyl sites for hydroxylation is 2. The topological polar surface area (TPSA) is 99.7 Å². The minimum Gasteiger partial charge on any atom is -0.365 e. The van der Waals surface area contributed by atoms with E-state index in [9.17, 15) is 4.79 Å². The number of hydrogen-bond donors (Lipinski definition) is 2. The Bertz CT molecular complexity index is 1100. The Balaban J connectivity index is 1.39. The number of anilines is 2. The van der Waals surface area contributed by atoms with Crippen molar-refractivity contribution in [1.82, 2.24) is 24.9 Å². The van der Waals surface area contributed by atoms with Gasteiger partial charge in [0.05, 0.1) is 0 Å². The second-order valence-corrected chi connectivity index (χ2v) is 7.70. The average molecular weight is 389 g/mol. The molecule has 1 aliphatic heterocycles. The van der Waals surface area contributed by atoms with E-state index >= 15 is 0 Å². The molecule has 148 valence electrons. The van der Waals surface area contributed by atoms with Gasteiger partial charge in [-0.3, -0.25) is 14.8 Å². The highest BCUT2D eigenvalue weighted by atomic mass is 16.1. The van der Waals surface area contributed by atoms with Crippen LogP contribution < -0.4 is 15.8 Å². The molecule has 8 heteroatoms. The summed E-state index contributed by atoms with van der Waals surface area (Å²) in [6.45, 7) is 3.45. The van der Waals surface area contributed by atoms with E-state index in [1.54, 1.807) is 12.4 Å². The first-order valence-corrected chi connectivity index (χ1v) is 10.1. The van der Waals surface area contributed by atoms with Gasteiger partial charge in [-0.15, -0.1) is 0 Å². The van der Waals surface area contributed by atoms with Crippen LogP contribution in [-0.4, -0.2) is 44.1 Å². The van der Waals surface area contributed by atoms with Gasteiger partial charge in [-0.05, 0) is 44.7 Å². The summed E-state index contributed by atoms with van der Waals surface area (Å²) >= 11 is 0. The number of rotatable bonds is 4. The van der Waals surface area contributed by atoms with E-state index in [0.717, 1.165) is 67.4 Å². The third kappa shape index (κ3) is 3.57. The van der Waals surface area contributed by atoms with Crippen molar-refractivity contribution >= 4 is 11.8 Å². The fourth-order valence-electron chi connectivity index (χ4n) is 4.15. The molecule has 0 aromatic carbocycles. The first-order chi connectivity index (χ1) is 14.2. The predicted molar refractivity (Wildman–Crippen MR) is 111 cm³/mol. The van der Waals surface area contributed by atoms with Crippen molar-refractivity contribution in [2.24, 2.45) is 0 Å². The SMILES string of the molecule is Cc1cc(=O)[nH]c(N2CCC(Nc3nc(-c4cccnc4)nc4c3CCC4)C2)n1. The number of hydrogen-bond acceptors (Lipinski definition) is 7. The van der Waals surface area contributed by atoms with Crippen molar-refractivity contribution in [3.8, 4) is 11.4 Å². The van der Waals surface area contributed by atoms with Crippen LogP contribution in [0.5, 0.6) is 0 Å². The van der Waals surface area contributed by atoms with Gasteiger partial charge in [-0.1, -0.05) is 0 Å². The largest absolute Gasteiger partial charge is 0.365 e. The van der Waals surface area contributed by atoms with E-state index < -0.39 is 0 Å². The van der Waals surface area contributed by atoms with E-state index in [2.05, 4.69) is 25.2 Å². The summed E-state index contributed by atoms with van der Waals surface area (Å²) in [6, 6.07) is 5.65.